The fourth-order valence-electron chi connectivity index (χ4n) is 3.41. The van der Waals surface area contributed by atoms with Crippen molar-refractivity contribution in [3.8, 4) is 5.75 Å². The van der Waals surface area contributed by atoms with E-state index in [1.807, 2.05) is 13.8 Å². The quantitative estimate of drug-likeness (QED) is 0.0794. The summed E-state index contributed by atoms with van der Waals surface area (Å²) in [5, 5.41) is 26.4. The van der Waals surface area contributed by atoms with Gasteiger partial charge in [-0.25, -0.2) is 4.79 Å². The standard InChI is InChI=1S/C24H39N7O6/c1-13(2)11-17(25)21(34)30-18(5-4-10-28-24(26)27)22(35)29-14(3)20(33)31-19(23(36)37)12-15-6-8-16(32)9-7-15/h6-9,13-14,17-19,32H,4-5,10-12,25H2,1-3H3,(H,29,35)(H,30,34)(H,31,33)(H,36,37)(H4,26,27,28). The van der Waals surface area contributed by atoms with Crippen molar-refractivity contribution in [1.82, 2.24) is 16.0 Å². The predicted octanol–water partition coefficient (Wildman–Crippen LogP) is -1.08. The Bertz CT molecular complexity index is 947. The van der Waals surface area contributed by atoms with Crippen LogP contribution in [0.5, 0.6) is 5.75 Å². The molecule has 3 amide bonds. The number of nitrogens with one attached hydrogen (secondary N) is 3. The summed E-state index contributed by atoms with van der Waals surface area (Å²) in [6.07, 6.45) is 0.934. The van der Waals surface area contributed by atoms with Gasteiger partial charge in [0.1, 0.15) is 23.9 Å². The van der Waals surface area contributed by atoms with Crippen molar-refractivity contribution in [2.24, 2.45) is 28.1 Å². The summed E-state index contributed by atoms with van der Waals surface area (Å²) in [5.74, 6) is -3.03. The van der Waals surface area contributed by atoms with E-state index in [2.05, 4.69) is 20.9 Å². The average molecular weight is 522 g/mol. The van der Waals surface area contributed by atoms with E-state index in [1.165, 1.54) is 19.1 Å². The third-order valence-corrected chi connectivity index (χ3v) is 5.38. The second kappa shape index (κ2) is 15.3. The van der Waals surface area contributed by atoms with E-state index < -0.39 is 47.9 Å². The largest absolute Gasteiger partial charge is 0.508 e. The SMILES string of the molecule is CC(C)CC(N)C(=O)NC(CCCN=C(N)N)C(=O)NC(C)C(=O)NC(Cc1ccc(O)cc1)C(=O)O. The van der Waals surface area contributed by atoms with E-state index in [4.69, 9.17) is 17.2 Å². The zero-order valence-corrected chi connectivity index (χ0v) is 21.4. The summed E-state index contributed by atoms with van der Waals surface area (Å²) in [5.41, 5.74) is 17.2. The Morgan fingerprint density at radius 3 is 2.05 bits per heavy atom. The first-order valence-corrected chi connectivity index (χ1v) is 12.0. The fourth-order valence-corrected chi connectivity index (χ4v) is 3.41. The number of hydrogen-bond donors (Lipinski definition) is 8. The number of rotatable bonds is 15. The Morgan fingerprint density at radius 1 is 0.919 bits per heavy atom. The highest BCUT2D eigenvalue weighted by Crippen LogP contribution is 2.12. The summed E-state index contributed by atoms with van der Waals surface area (Å²) in [4.78, 5) is 53.7. The van der Waals surface area contributed by atoms with Crippen LogP contribution in [0.15, 0.2) is 29.3 Å². The van der Waals surface area contributed by atoms with Crippen LogP contribution in [0.3, 0.4) is 0 Å². The van der Waals surface area contributed by atoms with Crippen molar-refractivity contribution in [1.29, 1.82) is 0 Å². The number of carboxylic acids is 1. The molecule has 1 rings (SSSR count). The lowest BCUT2D eigenvalue weighted by molar-refractivity contribution is -0.142. The predicted molar refractivity (Wildman–Crippen MR) is 138 cm³/mol. The summed E-state index contributed by atoms with van der Waals surface area (Å²) in [6.45, 7) is 5.46. The molecule has 13 heteroatoms. The van der Waals surface area contributed by atoms with Gasteiger partial charge >= 0.3 is 5.97 Å². The number of nitrogens with two attached hydrogens (primary N) is 3. The van der Waals surface area contributed by atoms with Crippen LogP contribution in [0.25, 0.3) is 0 Å². The molecule has 4 unspecified atom stereocenters. The number of aromatic hydroxyl groups is 1. The first kappa shape index (κ1) is 31.2. The van der Waals surface area contributed by atoms with Crippen LogP contribution in [0.2, 0.25) is 0 Å². The minimum absolute atomic E-state index is 0.0285. The molecule has 0 heterocycles. The van der Waals surface area contributed by atoms with Crippen molar-refractivity contribution in [3.05, 3.63) is 29.8 Å². The highest BCUT2D eigenvalue weighted by atomic mass is 16.4. The van der Waals surface area contributed by atoms with E-state index in [1.54, 1.807) is 12.1 Å². The van der Waals surface area contributed by atoms with E-state index in [0.717, 1.165) is 0 Å². The second-order valence-corrected chi connectivity index (χ2v) is 9.25. The molecule has 0 bridgehead atoms. The number of carbonyl (C=O) groups is 4. The number of carboxylic acid groups (broad SMARTS) is 1. The molecule has 4 atom stereocenters. The molecule has 37 heavy (non-hydrogen) atoms. The van der Waals surface area contributed by atoms with Crippen molar-refractivity contribution >= 4 is 29.7 Å². The number of phenols is 1. The second-order valence-electron chi connectivity index (χ2n) is 9.25. The van der Waals surface area contributed by atoms with Gasteiger partial charge in [-0.1, -0.05) is 26.0 Å². The van der Waals surface area contributed by atoms with E-state index in [9.17, 15) is 29.4 Å². The molecule has 0 aromatic heterocycles. The monoisotopic (exact) mass is 521 g/mol. The minimum Gasteiger partial charge on any atom is -0.508 e. The third kappa shape index (κ3) is 12.1. The molecule has 0 aliphatic carbocycles. The number of benzene rings is 1. The molecule has 11 N–H and O–H groups in total. The van der Waals surface area contributed by atoms with E-state index >= 15 is 0 Å². The third-order valence-electron chi connectivity index (χ3n) is 5.38. The summed E-state index contributed by atoms with van der Waals surface area (Å²) in [7, 11) is 0. The molecule has 1 aromatic rings. The molecule has 0 saturated carbocycles. The Hall–Kier alpha value is -3.87. The summed E-state index contributed by atoms with van der Waals surface area (Å²) in [6, 6.07) is 1.72. The van der Waals surface area contributed by atoms with Crippen molar-refractivity contribution < 1.29 is 29.4 Å². The van der Waals surface area contributed by atoms with Crippen LogP contribution in [-0.4, -0.2) is 70.6 Å². The highest BCUT2D eigenvalue weighted by molar-refractivity contribution is 5.93. The molecule has 0 spiro atoms. The van der Waals surface area contributed by atoms with Crippen LogP contribution in [0.1, 0.15) is 45.6 Å². The Balaban J connectivity index is 2.84. The number of aliphatic imine (C=N–C) groups is 1. The van der Waals surface area contributed by atoms with Crippen molar-refractivity contribution in [3.63, 3.8) is 0 Å². The summed E-state index contributed by atoms with van der Waals surface area (Å²) < 4.78 is 0. The maximum absolute atomic E-state index is 12.9. The topological polar surface area (TPSA) is 235 Å². The maximum atomic E-state index is 12.9. The Morgan fingerprint density at radius 2 is 1.51 bits per heavy atom. The summed E-state index contributed by atoms with van der Waals surface area (Å²) >= 11 is 0. The molecule has 0 radical (unpaired) electrons. The van der Waals surface area contributed by atoms with E-state index in [0.29, 0.717) is 18.4 Å². The molecule has 0 aliphatic heterocycles. The number of phenolic OH excluding ortho intramolecular Hbond substituents is 1. The van der Waals surface area contributed by atoms with Gasteiger partial charge in [0.2, 0.25) is 17.7 Å². The Kier molecular flexibility index (Phi) is 12.9. The van der Waals surface area contributed by atoms with Gasteiger partial charge in [-0.15, -0.1) is 0 Å². The van der Waals surface area contributed by atoms with Gasteiger partial charge in [0, 0.05) is 13.0 Å². The molecular formula is C24H39N7O6. The lowest BCUT2D eigenvalue weighted by Gasteiger charge is -2.24. The van der Waals surface area contributed by atoms with Crippen molar-refractivity contribution in [2.45, 2.75) is 70.6 Å². The van der Waals surface area contributed by atoms with Gasteiger partial charge in [-0.2, -0.15) is 0 Å². The molecule has 206 valence electrons. The zero-order chi connectivity index (χ0) is 28.1. The first-order chi connectivity index (χ1) is 17.3. The number of aliphatic carboxylic acids is 1. The van der Waals surface area contributed by atoms with Crippen LogP contribution in [0.4, 0.5) is 0 Å². The number of guanidine groups is 1. The van der Waals surface area contributed by atoms with Gasteiger partial charge in [0.15, 0.2) is 5.96 Å². The number of carbonyl (C=O) groups excluding carboxylic acids is 3. The molecular weight excluding hydrogens is 482 g/mol. The maximum Gasteiger partial charge on any atom is 0.326 e. The lowest BCUT2D eigenvalue weighted by atomic mass is 10.0. The van der Waals surface area contributed by atoms with Gasteiger partial charge in [0.05, 0.1) is 6.04 Å². The number of amides is 3. The minimum atomic E-state index is -1.26. The first-order valence-electron chi connectivity index (χ1n) is 12.0. The van der Waals surface area contributed by atoms with Crippen LogP contribution in [0, 0.1) is 5.92 Å². The molecule has 1 aromatic carbocycles. The number of hydrogen-bond acceptors (Lipinski definition) is 7. The molecule has 0 aliphatic rings. The molecule has 0 fully saturated rings. The Labute approximate surface area is 216 Å². The smallest absolute Gasteiger partial charge is 0.326 e. The normalized spacial score (nSPS) is 14.1. The zero-order valence-electron chi connectivity index (χ0n) is 21.4. The van der Waals surface area contributed by atoms with Gasteiger partial charge in [-0.3, -0.25) is 19.4 Å². The van der Waals surface area contributed by atoms with Gasteiger partial charge < -0.3 is 43.4 Å². The molecule has 13 nitrogen and oxygen atoms in total. The van der Waals surface area contributed by atoms with Gasteiger partial charge in [-0.05, 0) is 49.8 Å². The van der Waals surface area contributed by atoms with Crippen molar-refractivity contribution in [2.75, 3.05) is 6.54 Å². The van der Waals surface area contributed by atoms with Crippen LogP contribution < -0.4 is 33.2 Å². The lowest BCUT2D eigenvalue weighted by Crippen LogP contribution is -2.56. The van der Waals surface area contributed by atoms with Gasteiger partial charge in [0.25, 0.3) is 0 Å². The highest BCUT2D eigenvalue weighted by Gasteiger charge is 2.28. The number of nitrogens with zero attached hydrogens (tertiary/aromatic N) is 1. The average Bonchev–Trinajstić information content (AvgIpc) is 2.80. The van der Waals surface area contributed by atoms with Crippen LogP contribution in [-0.2, 0) is 25.6 Å². The fraction of sp³-hybridized carbons (Fsp3) is 0.542. The van der Waals surface area contributed by atoms with E-state index in [-0.39, 0.29) is 37.0 Å². The van der Waals surface area contributed by atoms with Crippen LogP contribution >= 0.6 is 0 Å². The molecule has 0 saturated heterocycles.